The third-order valence-electron chi connectivity index (χ3n) is 6.56. The number of carbonyl (C=O) groups is 2. The third kappa shape index (κ3) is 12.8. The van der Waals surface area contributed by atoms with Gasteiger partial charge in [0.2, 0.25) is 11.8 Å². The highest BCUT2D eigenvalue weighted by atomic mass is 16.7. The van der Waals surface area contributed by atoms with Gasteiger partial charge in [-0.05, 0) is 19.3 Å². The first-order chi connectivity index (χ1) is 17.6. The number of aliphatic hydroxyl groups excluding tert-OH is 6. The molecule has 1 fully saturated rings. The topological polar surface area (TPSA) is 198 Å². The van der Waals surface area contributed by atoms with Crippen LogP contribution in [-0.2, 0) is 19.1 Å². The number of amides is 2. The number of aliphatic hydroxyl groups is 6. The molecule has 12 heteroatoms. The highest BCUT2D eigenvalue weighted by Gasteiger charge is 2.44. The van der Waals surface area contributed by atoms with Crippen molar-refractivity contribution in [3.8, 4) is 0 Å². The van der Waals surface area contributed by atoms with Crippen molar-refractivity contribution in [3.05, 3.63) is 0 Å². The molecular formula is C25H48N2O10. The lowest BCUT2D eigenvalue weighted by molar-refractivity contribution is -0.303. The molecule has 1 rings (SSSR count). The van der Waals surface area contributed by atoms with E-state index in [1.807, 2.05) is 0 Å². The molecule has 12 nitrogen and oxygen atoms in total. The van der Waals surface area contributed by atoms with Gasteiger partial charge in [0.1, 0.15) is 30.5 Å². The van der Waals surface area contributed by atoms with Crippen LogP contribution in [0.2, 0.25) is 0 Å². The highest BCUT2D eigenvalue weighted by Crippen LogP contribution is 2.22. The lowest BCUT2D eigenvalue weighted by atomic mass is 9.99. The molecule has 0 aromatic carbocycles. The number of carbonyl (C=O) groups excluding carboxylic acids is 2. The minimum absolute atomic E-state index is 0.00672. The predicted molar refractivity (Wildman–Crippen MR) is 134 cm³/mol. The summed E-state index contributed by atoms with van der Waals surface area (Å²) < 4.78 is 10.8. The summed E-state index contributed by atoms with van der Waals surface area (Å²) in [5, 5.41) is 65.3. The summed E-state index contributed by atoms with van der Waals surface area (Å²) in [6.45, 7) is 2.95. The van der Waals surface area contributed by atoms with Crippen LogP contribution in [0, 0.1) is 0 Å². The lowest BCUT2D eigenvalue weighted by Gasteiger charge is -2.40. The van der Waals surface area contributed by atoms with Gasteiger partial charge in [0.05, 0.1) is 25.4 Å². The van der Waals surface area contributed by atoms with E-state index in [4.69, 9.17) is 9.47 Å². The Kier molecular flexibility index (Phi) is 17.1. The van der Waals surface area contributed by atoms with E-state index in [2.05, 4.69) is 10.6 Å². The van der Waals surface area contributed by atoms with Crippen LogP contribution in [0.15, 0.2) is 0 Å². The van der Waals surface area contributed by atoms with Crippen LogP contribution in [-0.4, -0.2) is 111 Å². The van der Waals surface area contributed by atoms with Crippen LogP contribution in [0.3, 0.4) is 0 Å². The molecule has 1 saturated heterocycles. The number of unbranched alkanes of at least 4 members (excludes halogenated alkanes) is 7. The Labute approximate surface area is 219 Å². The molecule has 37 heavy (non-hydrogen) atoms. The van der Waals surface area contributed by atoms with Gasteiger partial charge < -0.3 is 50.7 Å². The normalized spacial score (nSPS) is 26.3. The predicted octanol–water partition coefficient (Wildman–Crippen LogP) is -0.933. The van der Waals surface area contributed by atoms with E-state index in [9.17, 15) is 40.2 Å². The second-order valence-corrected chi connectivity index (χ2v) is 9.73. The fourth-order valence-electron chi connectivity index (χ4n) is 4.15. The first-order valence-electron chi connectivity index (χ1n) is 13.4. The van der Waals surface area contributed by atoms with Gasteiger partial charge >= 0.3 is 0 Å². The zero-order valence-electron chi connectivity index (χ0n) is 22.1. The van der Waals surface area contributed by atoms with Crippen molar-refractivity contribution < 1.29 is 49.7 Å². The molecule has 0 aromatic heterocycles. The van der Waals surface area contributed by atoms with E-state index in [1.165, 1.54) is 6.92 Å². The zero-order chi connectivity index (χ0) is 27.8. The fourth-order valence-corrected chi connectivity index (χ4v) is 4.15. The third-order valence-corrected chi connectivity index (χ3v) is 6.56. The van der Waals surface area contributed by atoms with Crippen molar-refractivity contribution in [2.75, 3.05) is 19.8 Å². The quantitative estimate of drug-likeness (QED) is 0.0954. The molecule has 218 valence electrons. The molecule has 8 atom stereocenters. The van der Waals surface area contributed by atoms with E-state index < -0.39 is 55.6 Å². The van der Waals surface area contributed by atoms with Crippen molar-refractivity contribution in [1.29, 1.82) is 0 Å². The number of nitrogens with one attached hydrogen (secondary N) is 2. The molecule has 2 amide bonds. The standard InChI is InChI=1S/C25H48N2O10/c1-3-18(30)21(32)17(15-36-25-24(35)23(34)22(33)19(14-28)37-25)27-20(31)12-10-8-6-4-5-7-9-11-13-26-16(2)29/h17-19,21-25,28,30,32-35H,3-15H2,1-2H3,(H,26,29)(H,27,31)/t17-,18+,19?,21-,22-,23-,24?,25-/m0/s1. The maximum Gasteiger partial charge on any atom is 0.220 e. The SMILES string of the molecule is CC[C@@H](O)[C@@H](O)[C@H](CO[C@H]1OC(CO)[C@H](O)[C@H](O)C1O)NC(=O)CCCCCCCCCCNC(C)=O. The van der Waals surface area contributed by atoms with E-state index in [0.29, 0.717) is 13.0 Å². The summed E-state index contributed by atoms with van der Waals surface area (Å²) >= 11 is 0. The van der Waals surface area contributed by atoms with Gasteiger partial charge in [0.15, 0.2) is 6.29 Å². The van der Waals surface area contributed by atoms with Crippen LogP contribution in [0.25, 0.3) is 0 Å². The van der Waals surface area contributed by atoms with E-state index in [0.717, 1.165) is 44.9 Å². The summed E-state index contributed by atoms with van der Waals surface area (Å²) in [6, 6.07) is -1.01. The molecule has 1 heterocycles. The second kappa shape index (κ2) is 18.8. The number of rotatable bonds is 19. The summed E-state index contributed by atoms with van der Waals surface area (Å²) in [7, 11) is 0. The van der Waals surface area contributed by atoms with Gasteiger partial charge in [-0.15, -0.1) is 0 Å². The average Bonchev–Trinajstić information content (AvgIpc) is 2.88. The maximum atomic E-state index is 12.5. The molecule has 0 spiro atoms. The van der Waals surface area contributed by atoms with E-state index in [1.54, 1.807) is 6.92 Å². The van der Waals surface area contributed by atoms with Crippen LogP contribution in [0.1, 0.15) is 78.1 Å². The van der Waals surface area contributed by atoms with E-state index in [-0.39, 0.29) is 31.3 Å². The van der Waals surface area contributed by atoms with Crippen LogP contribution in [0.5, 0.6) is 0 Å². The molecular weight excluding hydrogens is 488 g/mol. The first-order valence-corrected chi connectivity index (χ1v) is 13.4. The van der Waals surface area contributed by atoms with Gasteiger partial charge in [-0.2, -0.15) is 0 Å². The molecule has 8 N–H and O–H groups in total. The molecule has 2 unspecified atom stereocenters. The van der Waals surface area contributed by atoms with Gasteiger partial charge in [0, 0.05) is 19.9 Å². The Bertz CT molecular complexity index is 639. The second-order valence-electron chi connectivity index (χ2n) is 9.73. The molecule has 0 aromatic rings. The minimum atomic E-state index is -1.61. The Morgan fingerprint density at radius 2 is 1.51 bits per heavy atom. The fraction of sp³-hybridized carbons (Fsp3) is 0.920. The monoisotopic (exact) mass is 536 g/mol. The van der Waals surface area contributed by atoms with Crippen molar-refractivity contribution in [1.82, 2.24) is 10.6 Å². The molecule has 1 aliphatic rings. The summed E-state index contributed by atoms with van der Waals surface area (Å²) in [5.74, 6) is -0.324. The zero-order valence-corrected chi connectivity index (χ0v) is 22.1. The summed E-state index contributed by atoms with van der Waals surface area (Å²) in [5.41, 5.74) is 0. The largest absolute Gasteiger partial charge is 0.394 e. The van der Waals surface area contributed by atoms with Gasteiger partial charge in [-0.25, -0.2) is 0 Å². The smallest absolute Gasteiger partial charge is 0.220 e. The van der Waals surface area contributed by atoms with Gasteiger partial charge in [-0.3, -0.25) is 9.59 Å². The van der Waals surface area contributed by atoms with Gasteiger partial charge in [0.25, 0.3) is 0 Å². The first kappa shape index (κ1) is 33.6. The number of hydrogen-bond donors (Lipinski definition) is 8. The maximum absolute atomic E-state index is 12.5. The summed E-state index contributed by atoms with van der Waals surface area (Å²) in [6.07, 6.45) is -1.44. The molecule has 0 radical (unpaired) electrons. The van der Waals surface area contributed by atoms with Crippen LogP contribution in [0.4, 0.5) is 0 Å². The van der Waals surface area contributed by atoms with E-state index >= 15 is 0 Å². The number of hydrogen-bond acceptors (Lipinski definition) is 10. The Hall–Kier alpha value is -1.38. The number of ether oxygens (including phenoxy) is 2. The Balaban J connectivity index is 2.40. The molecule has 0 bridgehead atoms. The minimum Gasteiger partial charge on any atom is -0.394 e. The van der Waals surface area contributed by atoms with Crippen molar-refractivity contribution >= 4 is 11.8 Å². The highest BCUT2D eigenvalue weighted by molar-refractivity contribution is 5.76. The molecule has 1 aliphatic heterocycles. The van der Waals surface area contributed by atoms with Crippen LogP contribution >= 0.6 is 0 Å². The lowest BCUT2D eigenvalue weighted by Crippen LogP contribution is -2.60. The molecule has 0 saturated carbocycles. The average molecular weight is 537 g/mol. The van der Waals surface area contributed by atoms with Crippen molar-refractivity contribution in [2.45, 2.75) is 127 Å². The van der Waals surface area contributed by atoms with Crippen LogP contribution < -0.4 is 10.6 Å². The Morgan fingerprint density at radius 1 is 0.919 bits per heavy atom. The Morgan fingerprint density at radius 3 is 2.08 bits per heavy atom. The van der Waals surface area contributed by atoms with Crippen molar-refractivity contribution in [3.63, 3.8) is 0 Å². The van der Waals surface area contributed by atoms with Gasteiger partial charge in [-0.1, -0.05) is 45.4 Å². The summed E-state index contributed by atoms with van der Waals surface area (Å²) in [4.78, 5) is 23.3. The molecule has 0 aliphatic carbocycles. The van der Waals surface area contributed by atoms with Crippen molar-refractivity contribution in [2.24, 2.45) is 0 Å².